The Kier molecular flexibility index (Phi) is 2.51. The summed E-state index contributed by atoms with van der Waals surface area (Å²) < 4.78 is 9.92. The van der Waals surface area contributed by atoms with Gasteiger partial charge >= 0.3 is 5.63 Å². The summed E-state index contributed by atoms with van der Waals surface area (Å²) in [7, 11) is 1.36. The van der Waals surface area contributed by atoms with Crippen molar-refractivity contribution >= 4 is 26.9 Å². The number of aromatic hydroxyl groups is 2. The van der Waals surface area contributed by atoms with E-state index in [0.717, 1.165) is 0 Å². The third-order valence-corrected chi connectivity index (χ3v) is 2.67. The van der Waals surface area contributed by atoms with Crippen molar-refractivity contribution in [1.29, 1.82) is 0 Å². The highest BCUT2D eigenvalue weighted by atomic mass is 79.9. The van der Waals surface area contributed by atoms with Crippen molar-refractivity contribution in [2.75, 3.05) is 7.11 Å². The first kappa shape index (κ1) is 10.8. The molecule has 0 fully saturated rings. The Morgan fingerprint density at radius 2 is 2.00 bits per heavy atom. The first-order chi connectivity index (χ1) is 7.54. The lowest BCUT2D eigenvalue weighted by Crippen LogP contribution is -1.99. The quantitative estimate of drug-likeness (QED) is 0.619. The fraction of sp³-hybridized carbons (Fsp3) is 0.100. The van der Waals surface area contributed by atoms with Crippen LogP contribution in [0, 0.1) is 0 Å². The molecule has 2 N–H and O–H groups in total. The maximum absolute atomic E-state index is 11.2. The number of hydrogen-bond donors (Lipinski definition) is 2. The molecule has 1 aromatic carbocycles. The number of methoxy groups -OCH3 is 1. The molecule has 0 aliphatic rings. The van der Waals surface area contributed by atoms with Gasteiger partial charge in [0.1, 0.15) is 4.47 Å². The molecule has 0 bridgehead atoms. The Morgan fingerprint density at radius 1 is 1.31 bits per heavy atom. The SMILES string of the molecule is COc1cc2cc(Br)c(=O)oc2c(O)c1O. The summed E-state index contributed by atoms with van der Waals surface area (Å²) in [5.41, 5.74) is -0.709. The van der Waals surface area contributed by atoms with Crippen molar-refractivity contribution in [2.45, 2.75) is 0 Å². The van der Waals surface area contributed by atoms with E-state index in [0.29, 0.717) is 5.39 Å². The fourth-order valence-electron chi connectivity index (χ4n) is 1.34. The number of rotatable bonds is 1. The second-order valence-corrected chi connectivity index (χ2v) is 3.93. The molecule has 0 aliphatic carbocycles. The summed E-state index contributed by atoms with van der Waals surface area (Å²) in [5, 5.41) is 19.6. The van der Waals surface area contributed by atoms with Crippen molar-refractivity contribution in [3.8, 4) is 17.2 Å². The molecule has 2 rings (SSSR count). The van der Waals surface area contributed by atoms with Crippen LogP contribution in [0.4, 0.5) is 0 Å². The molecule has 0 atom stereocenters. The second-order valence-electron chi connectivity index (χ2n) is 3.08. The van der Waals surface area contributed by atoms with E-state index in [4.69, 9.17) is 9.15 Å². The van der Waals surface area contributed by atoms with Gasteiger partial charge in [-0.15, -0.1) is 0 Å². The van der Waals surface area contributed by atoms with Crippen molar-refractivity contribution in [3.05, 3.63) is 27.0 Å². The Balaban J connectivity index is 2.93. The molecule has 0 aliphatic heterocycles. The standard InChI is InChI=1S/C10H7BrO5/c1-15-6-3-4-2-5(11)10(14)16-9(4)8(13)7(6)12/h2-3,12-13H,1H3. The summed E-state index contributed by atoms with van der Waals surface area (Å²) >= 11 is 3.01. The number of benzene rings is 1. The van der Waals surface area contributed by atoms with Crippen LogP contribution in [0.25, 0.3) is 11.0 Å². The highest BCUT2D eigenvalue weighted by Gasteiger charge is 2.15. The number of ether oxygens (including phenoxy) is 1. The Labute approximate surface area is 98.0 Å². The van der Waals surface area contributed by atoms with Gasteiger partial charge < -0.3 is 19.4 Å². The molecule has 0 unspecified atom stereocenters. The third-order valence-electron chi connectivity index (χ3n) is 2.11. The normalized spacial score (nSPS) is 10.6. The van der Waals surface area contributed by atoms with Gasteiger partial charge in [-0.3, -0.25) is 0 Å². The van der Waals surface area contributed by atoms with Crippen LogP contribution in [0.2, 0.25) is 0 Å². The lowest BCUT2D eigenvalue weighted by atomic mass is 10.2. The van der Waals surface area contributed by atoms with E-state index in [1.165, 1.54) is 19.2 Å². The molecule has 0 saturated carbocycles. The smallest absolute Gasteiger partial charge is 0.350 e. The number of fused-ring (bicyclic) bond motifs is 1. The third kappa shape index (κ3) is 1.51. The topological polar surface area (TPSA) is 79.9 Å². The van der Waals surface area contributed by atoms with E-state index in [2.05, 4.69) is 15.9 Å². The molecule has 2 aromatic rings. The monoisotopic (exact) mass is 286 g/mol. The average molecular weight is 287 g/mol. The van der Waals surface area contributed by atoms with Crippen LogP contribution < -0.4 is 10.4 Å². The number of phenolic OH excluding ortho intramolecular Hbond substituents is 2. The minimum Gasteiger partial charge on any atom is -0.502 e. The van der Waals surface area contributed by atoms with Crippen LogP contribution in [0.1, 0.15) is 0 Å². The summed E-state index contributed by atoms with van der Waals surface area (Å²) in [4.78, 5) is 11.2. The highest BCUT2D eigenvalue weighted by Crippen LogP contribution is 2.41. The molecular formula is C10H7BrO5. The largest absolute Gasteiger partial charge is 0.502 e. The average Bonchev–Trinajstić information content (AvgIpc) is 2.26. The molecule has 0 spiro atoms. The van der Waals surface area contributed by atoms with Gasteiger partial charge in [0, 0.05) is 5.39 Å². The van der Waals surface area contributed by atoms with Gasteiger partial charge in [0.25, 0.3) is 0 Å². The van der Waals surface area contributed by atoms with E-state index < -0.39 is 17.1 Å². The Hall–Kier alpha value is -1.69. The van der Waals surface area contributed by atoms with E-state index >= 15 is 0 Å². The zero-order chi connectivity index (χ0) is 11.9. The van der Waals surface area contributed by atoms with Gasteiger partial charge in [0.05, 0.1) is 7.11 Å². The lowest BCUT2D eigenvalue weighted by Gasteiger charge is -2.07. The summed E-state index contributed by atoms with van der Waals surface area (Å²) in [6.45, 7) is 0. The molecule has 0 radical (unpaired) electrons. The van der Waals surface area contributed by atoms with Crippen molar-refractivity contribution in [2.24, 2.45) is 0 Å². The first-order valence-corrected chi connectivity index (χ1v) is 5.06. The van der Waals surface area contributed by atoms with Crippen molar-refractivity contribution in [3.63, 3.8) is 0 Å². The molecule has 5 nitrogen and oxygen atoms in total. The molecule has 0 saturated heterocycles. The summed E-state index contributed by atoms with van der Waals surface area (Å²) in [5.74, 6) is -0.870. The van der Waals surface area contributed by atoms with Gasteiger partial charge in [0.15, 0.2) is 11.3 Å². The van der Waals surface area contributed by atoms with E-state index in [1.54, 1.807) is 0 Å². The molecule has 16 heavy (non-hydrogen) atoms. The van der Waals surface area contributed by atoms with Crippen LogP contribution >= 0.6 is 15.9 Å². The molecular weight excluding hydrogens is 280 g/mol. The second kappa shape index (κ2) is 3.71. The molecule has 0 amide bonds. The minimum absolute atomic E-state index is 0.0773. The zero-order valence-corrected chi connectivity index (χ0v) is 9.74. The maximum atomic E-state index is 11.2. The van der Waals surface area contributed by atoms with Crippen LogP contribution in [-0.4, -0.2) is 17.3 Å². The van der Waals surface area contributed by atoms with Crippen molar-refractivity contribution in [1.82, 2.24) is 0 Å². The van der Waals surface area contributed by atoms with Gasteiger partial charge in [-0.05, 0) is 28.1 Å². The van der Waals surface area contributed by atoms with Crippen LogP contribution in [-0.2, 0) is 0 Å². The van der Waals surface area contributed by atoms with Crippen LogP contribution in [0.5, 0.6) is 17.2 Å². The summed E-state index contributed by atoms with van der Waals surface area (Å²) in [6.07, 6.45) is 0. The minimum atomic E-state index is -0.632. The van der Waals surface area contributed by atoms with Gasteiger partial charge in [-0.1, -0.05) is 0 Å². The van der Waals surface area contributed by atoms with E-state index in [1.807, 2.05) is 0 Å². The fourth-order valence-corrected chi connectivity index (χ4v) is 1.67. The Morgan fingerprint density at radius 3 is 2.62 bits per heavy atom. The van der Waals surface area contributed by atoms with Gasteiger partial charge in [-0.2, -0.15) is 0 Å². The number of halogens is 1. The number of phenols is 2. The van der Waals surface area contributed by atoms with E-state index in [9.17, 15) is 15.0 Å². The zero-order valence-electron chi connectivity index (χ0n) is 8.15. The molecule has 1 heterocycles. The number of hydrogen-bond acceptors (Lipinski definition) is 5. The Bertz CT molecular complexity index is 617. The van der Waals surface area contributed by atoms with Gasteiger partial charge in [-0.25, -0.2) is 4.79 Å². The van der Waals surface area contributed by atoms with Gasteiger partial charge in [0.2, 0.25) is 11.5 Å². The molecule has 1 aromatic heterocycles. The molecule has 84 valence electrons. The van der Waals surface area contributed by atoms with Crippen LogP contribution in [0.3, 0.4) is 0 Å². The predicted octanol–water partition coefficient (Wildman–Crippen LogP) is 1.98. The lowest BCUT2D eigenvalue weighted by molar-refractivity contribution is 0.349. The maximum Gasteiger partial charge on any atom is 0.350 e. The summed E-state index contributed by atoms with van der Waals surface area (Å²) in [6, 6.07) is 2.93. The highest BCUT2D eigenvalue weighted by molar-refractivity contribution is 9.10. The first-order valence-electron chi connectivity index (χ1n) is 4.27. The molecule has 6 heteroatoms. The van der Waals surface area contributed by atoms with Crippen LogP contribution in [0.15, 0.2) is 25.8 Å². The van der Waals surface area contributed by atoms with E-state index in [-0.39, 0.29) is 15.8 Å². The predicted molar refractivity (Wildman–Crippen MR) is 60.1 cm³/mol. The van der Waals surface area contributed by atoms with Crippen molar-refractivity contribution < 1.29 is 19.4 Å².